The Morgan fingerprint density at radius 3 is 3.12 bits per heavy atom. The number of anilines is 1. The highest BCUT2D eigenvalue weighted by molar-refractivity contribution is 7.08. The maximum absolute atomic E-state index is 5.69. The van der Waals surface area contributed by atoms with Crippen LogP contribution in [0.2, 0.25) is 0 Å². The third-order valence-corrected chi connectivity index (χ3v) is 5.60. The Kier molecular flexibility index (Phi) is 4.49. The molecule has 1 fully saturated rings. The van der Waals surface area contributed by atoms with Gasteiger partial charge in [-0.15, -0.1) is 0 Å². The Hall–Kier alpha value is -1.92. The molecule has 24 heavy (non-hydrogen) atoms. The highest BCUT2D eigenvalue weighted by Crippen LogP contribution is 2.27. The third kappa shape index (κ3) is 3.16. The van der Waals surface area contributed by atoms with Crippen LogP contribution in [-0.4, -0.2) is 34.7 Å². The van der Waals surface area contributed by atoms with Gasteiger partial charge in [-0.05, 0) is 53.6 Å². The van der Waals surface area contributed by atoms with E-state index in [0.717, 1.165) is 49.6 Å². The molecule has 0 spiro atoms. The van der Waals surface area contributed by atoms with E-state index in [0.29, 0.717) is 5.92 Å². The number of hydrogen-bond donors (Lipinski definition) is 1. The van der Waals surface area contributed by atoms with E-state index in [1.807, 2.05) is 6.20 Å². The number of H-pyrrole nitrogens is 1. The quantitative estimate of drug-likeness (QED) is 0.767. The molecule has 0 saturated carbocycles. The van der Waals surface area contributed by atoms with Gasteiger partial charge in [-0.2, -0.15) is 11.3 Å². The maximum atomic E-state index is 5.69. The lowest BCUT2D eigenvalue weighted by atomic mass is 10.0. The molecule has 5 nitrogen and oxygen atoms in total. The van der Waals surface area contributed by atoms with Crippen molar-refractivity contribution < 1.29 is 4.74 Å². The first-order valence-corrected chi connectivity index (χ1v) is 9.38. The van der Waals surface area contributed by atoms with Crippen LogP contribution in [0, 0.1) is 12.8 Å². The van der Waals surface area contributed by atoms with Crippen LogP contribution >= 0.6 is 11.3 Å². The summed E-state index contributed by atoms with van der Waals surface area (Å²) in [6, 6.07) is 2.06. The number of thiophene rings is 1. The summed E-state index contributed by atoms with van der Waals surface area (Å²) in [5.41, 5.74) is 3.62. The van der Waals surface area contributed by atoms with E-state index in [9.17, 15) is 0 Å². The smallest absolute Gasteiger partial charge is 0.142 e. The molecule has 4 rings (SSSR count). The van der Waals surface area contributed by atoms with Gasteiger partial charge in [0.15, 0.2) is 0 Å². The van der Waals surface area contributed by atoms with Gasteiger partial charge in [0.1, 0.15) is 17.8 Å². The van der Waals surface area contributed by atoms with Crippen LogP contribution in [0.25, 0.3) is 11.0 Å². The highest BCUT2D eigenvalue weighted by atomic mass is 32.1. The fourth-order valence-corrected chi connectivity index (χ4v) is 4.20. The molecule has 0 amide bonds. The van der Waals surface area contributed by atoms with Gasteiger partial charge in [-0.25, -0.2) is 9.97 Å². The van der Waals surface area contributed by atoms with Gasteiger partial charge in [0.25, 0.3) is 0 Å². The number of aryl methyl sites for hydroxylation is 1. The van der Waals surface area contributed by atoms with Crippen LogP contribution in [-0.2, 0) is 11.3 Å². The number of nitrogens with one attached hydrogen (secondary N) is 1. The average Bonchev–Trinajstić information content (AvgIpc) is 3.24. The number of aromatic amines is 1. The monoisotopic (exact) mass is 342 g/mol. The molecule has 3 aromatic heterocycles. The molecular weight excluding hydrogens is 320 g/mol. The molecule has 0 radical (unpaired) electrons. The molecule has 4 heterocycles. The van der Waals surface area contributed by atoms with Crippen LogP contribution in [0.5, 0.6) is 0 Å². The second-order valence-electron chi connectivity index (χ2n) is 6.48. The maximum Gasteiger partial charge on any atom is 0.142 e. The number of hydrogen-bond acceptors (Lipinski definition) is 5. The Bertz CT molecular complexity index is 806. The molecule has 1 N–H and O–H groups in total. The van der Waals surface area contributed by atoms with Crippen LogP contribution in [0.4, 0.5) is 5.82 Å². The summed E-state index contributed by atoms with van der Waals surface area (Å²) in [5.74, 6) is 1.57. The Morgan fingerprint density at radius 2 is 2.33 bits per heavy atom. The van der Waals surface area contributed by atoms with Gasteiger partial charge in [-0.1, -0.05) is 0 Å². The standard InChI is InChI=1S/C18H22N4OS/c1-13-10-24-11-15(13)8-22(7-14-3-2-6-23-9-14)18-16-4-5-19-17(16)20-12-21-18/h4-5,10-12,14H,2-3,6-9H2,1H3,(H,19,20,21). The minimum Gasteiger partial charge on any atom is -0.381 e. The van der Waals surface area contributed by atoms with Gasteiger partial charge < -0.3 is 14.6 Å². The topological polar surface area (TPSA) is 54.0 Å². The largest absolute Gasteiger partial charge is 0.381 e. The minimum atomic E-state index is 0.557. The van der Waals surface area contributed by atoms with Crippen molar-refractivity contribution in [3.63, 3.8) is 0 Å². The number of aromatic nitrogens is 3. The van der Waals surface area contributed by atoms with Gasteiger partial charge >= 0.3 is 0 Å². The lowest BCUT2D eigenvalue weighted by Crippen LogP contribution is -2.34. The molecule has 1 aliphatic heterocycles. The van der Waals surface area contributed by atoms with Crippen molar-refractivity contribution in [3.05, 3.63) is 40.5 Å². The highest BCUT2D eigenvalue weighted by Gasteiger charge is 2.21. The molecule has 126 valence electrons. The van der Waals surface area contributed by atoms with Gasteiger partial charge in [0, 0.05) is 25.9 Å². The summed E-state index contributed by atoms with van der Waals surface area (Å²) >= 11 is 1.76. The Morgan fingerprint density at radius 1 is 1.38 bits per heavy atom. The molecule has 3 aromatic rings. The zero-order valence-electron chi connectivity index (χ0n) is 13.9. The lowest BCUT2D eigenvalue weighted by molar-refractivity contribution is 0.0571. The van der Waals surface area contributed by atoms with Crippen LogP contribution < -0.4 is 4.90 Å². The van der Waals surface area contributed by atoms with Crippen molar-refractivity contribution >= 4 is 28.2 Å². The van der Waals surface area contributed by atoms with E-state index in [2.05, 4.69) is 43.6 Å². The average molecular weight is 342 g/mol. The fourth-order valence-electron chi connectivity index (χ4n) is 3.35. The lowest BCUT2D eigenvalue weighted by Gasteiger charge is -2.31. The van der Waals surface area contributed by atoms with E-state index in [-0.39, 0.29) is 0 Å². The zero-order chi connectivity index (χ0) is 16.4. The molecule has 1 unspecified atom stereocenters. The summed E-state index contributed by atoms with van der Waals surface area (Å²) in [6.07, 6.45) is 5.96. The van der Waals surface area contributed by atoms with Crippen molar-refractivity contribution in [1.82, 2.24) is 15.0 Å². The van der Waals surface area contributed by atoms with Crippen molar-refractivity contribution in [1.29, 1.82) is 0 Å². The van der Waals surface area contributed by atoms with Gasteiger partial charge in [0.2, 0.25) is 0 Å². The molecule has 6 heteroatoms. The third-order valence-electron chi connectivity index (χ3n) is 4.69. The minimum absolute atomic E-state index is 0.557. The Labute approximate surface area is 145 Å². The predicted octanol–water partition coefficient (Wildman–Crippen LogP) is 3.76. The first kappa shape index (κ1) is 15.6. The summed E-state index contributed by atoms with van der Waals surface area (Å²) < 4.78 is 5.69. The zero-order valence-corrected chi connectivity index (χ0v) is 14.7. The number of fused-ring (bicyclic) bond motifs is 1. The van der Waals surface area contributed by atoms with Crippen molar-refractivity contribution in [2.24, 2.45) is 5.92 Å². The van der Waals surface area contributed by atoms with Crippen molar-refractivity contribution in [2.45, 2.75) is 26.3 Å². The van der Waals surface area contributed by atoms with Gasteiger partial charge in [-0.3, -0.25) is 0 Å². The molecule has 1 saturated heterocycles. The first-order valence-electron chi connectivity index (χ1n) is 8.43. The van der Waals surface area contributed by atoms with E-state index in [1.54, 1.807) is 17.7 Å². The van der Waals surface area contributed by atoms with Crippen LogP contribution in [0.3, 0.4) is 0 Å². The molecule has 1 atom stereocenters. The van der Waals surface area contributed by atoms with Crippen LogP contribution in [0.15, 0.2) is 29.4 Å². The van der Waals surface area contributed by atoms with E-state index in [1.165, 1.54) is 17.5 Å². The normalized spacial score (nSPS) is 18.1. The second kappa shape index (κ2) is 6.91. The van der Waals surface area contributed by atoms with Crippen molar-refractivity contribution in [3.8, 4) is 0 Å². The Balaban J connectivity index is 1.66. The summed E-state index contributed by atoms with van der Waals surface area (Å²) in [4.78, 5) is 14.5. The second-order valence-corrected chi connectivity index (χ2v) is 7.22. The summed E-state index contributed by atoms with van der Waals surface area (Å²) in [5, 5.41) is 5.54. The first-order chi connectivity index (χ1) is 11.8. The van der Waals surface area contributed by atoms with E-state index < -0.39 is 0 Å². The molecular formula is C18H22N4OS. The van der Waals surface area contributed by atoms with Crippen LogP contribution in [0.1, 0.15) is 24.0 Å². The molecule has 0 bridgehead atoms. The predicted molar refractivity (Wildman–Crippen MR) is 97.5 cm³/mol. The number of ether oxygens (including phenoxy) is 1. The van der Waals surface area contributed by atoms with Crippen molar-refractivity contribution in [2.75, 3.05) is 24.7 Å². The number of nitrogens with zero attached hydrogens (tertiary/aromatic N) is 3. The molecule has 1 aliphatic rings. The number of rotatable bonds is 5. The van der Waals surface area contributed by atoms with E-state index in [4.69, 9.17) is 4.74 Å². The summed E-state index contributed by atoms with van der Waals surface area (Å²) in [7, 11) is 0. The van der Waals surface area contributed by atoms with E-state index >= 15 is 0 Å². The van der Waals surface area contributed by atoms with Gasteiger partial charge in [0.05, 0.1) is 12.0 Å². The SMILES string of the molecule is Cc1cscc1CN(CC1CCCOC1)c1ncnc2[nH]ccc12. The fraction of sp³-hybridized carbons (Fsp3) is 0.444. The molecule has 0 aliphatic carbocycles. The molecule has 0 aromatic carbocycles. The summed E-state index contributed by atoms with van der Waals surface area (Å²) in [6.45, 7) is 5.77.